The largest absolute Gasteiger partial charge is 0.417 e. The van der Waals surface area contributed by atoms with Crippen LogP contribution in [-0.2, 0) is 6.54 Å². The van der Waals surface area contributed by atoms with Gasteiger partial charge in [0.15, 0.2) is 0 Å². The second-order valence-electron chi connectivity index (χ2n) is 4.14. The second kappa shape index (κ2) is 5.39. The average molecular weight is 246 g/mol. The van der Waals surface area contributed by atoms with Gasteiger partial charge in [-0.2, -0.15) is 0 Å². The van der Waals surface area contributed by atoms with Gasteiger partial charge in [0, 0.05) is 24.9 Å². The quantitative estimate of drug-likeness (QED) is 0.884. The van der Waals surface area contributed by atoms with Crippen molar-refractivity contribution in [3.05, 3.63) is 41.9 Å². The van der Waals surface area contributed by atoms with E-state index in [4.69, 9.17) is 4.42 Å². The molecule has 0 saturated carbocycles. The Morgan fingerprint density at radius 3 is 2.89 bits per heavy atom. The van der Waals surface area contributed by atoms with Crippen molar-refractivity contribution in [2.45, 2.75) is 26.3 Å². The van der Waals surface area contributed by atoms with E-state index in [1.165, 1.54) is 0 Å². The van der Waals surface area contributed by atoms with Crippen molar-refractivity contribution >= 4 is 5.91 Å². The standard InChI is InChI=1S/C12H14N4O2/c1-8(2)11-15-16-12(18-11)10(17)14-7-9-4-3-5-13-6-9/h3-6,8H,7H2,1-2H3,(H,14,17). The van der Waals surface area contributed by atoms with E-state index in [2.05, 4.69) is 20.5 Å². The lowest BCUT2D eigenvalue weighted by Crippen LogP contribution is -2.23. The van der Waals surface area contributed by atoms with E-state index in [-0.39, 0.29) is 17.7 Å². The van der Waals surface area contributed by atoms with Crippen LogP contribution in [0.5, 0.6) is 0 Å². The van der Waals surface area contributed by atoms with E-state index < -0.39 is 0 Å². The van der Waals surface area contributed by atoms with E-state index in [0.717, 1.165) is 5.56 Å². The van der Waals surface area contributed by atoms with E-state index >= 15 is 0 Å². The minimum Gasteiger partial charge on any atom is -0.417 e. The Kier molecular flexibility index (Phi) is 3.66. The van der Waals surface area contributed by atoms with Crippen LogP contribution in [0.4, 0.5) is 0 Å². The van der Waals surface area contributed by atoms with E-state index in [9.17, 15) is 4.79 Å². The number of amides is 1. The molecule has 2 heterocycles. The lowest BCUT2D eigenvalue weighted by atomic mass is 10.2. The van der Waals surface area contributed by atoms with Crippen molar-refractivity contribution in [3.63, 3.8) is 0 Å². The number of aromatic nitrogens is 3. The summed E-state index contributed by atoms with van der Waals surface area (Å²) in [4.78, 5) is 15.7. The van der Waals surface area contributed by atoms with Crippen LogP contribution in [-0.4, -0.2) is 21.1 Å². The predicted octanol–water partition coefficient (Wildman–Crippen LogP) is 1.52. The zero-order valence-corrected chi connectivity index (χ0v) is 10.3. The molecular formula is C12H14N4O2. The van der Waals surface area contributed by atoms with Gasteiger partial charge in [-0.15, -0.1) is 10.2 Å². The first-order valence-corrected chi connectivity index (χ1v) is 5.67. The van der Waals surface area contributed by atoms with Gasteiger partial charge in [0.25, 0.3) is 0 Å². The zero-order valence-electron chi connectivity index (χ0n) is 10.3. The highest BCUT2D eigenvalue weighted by Gasteiger charge is 2.15. The molecule has 6 nitrogen and oxygen atoms in total. The molecule has 2 rings (SSSR count). The Morgan fingerprint density at radius 1 is 1.44 bits per heavy atom. The van der Waals surface area contributed by atoms with Gasteiger partial charge in [-0.3, -0.25) is 9.78 Å². The molecule has 0 spiro atoms. The van der Waals surface area contributed by atoms with Gasteiger partial charge >= 0.3 is 11.8 Å². The Bertz CT molecular complexity index is 522. The number of nitrogens with zero attached hydrogens (tertiary/aromatic N) is 3. The van der Waals surface area contributed by atoms with E-state index in [1.807, 2.05) is 26.0 Å². The third-order valence-corrected chi connectivity index (χ3v) is 2.30. The number of carbonyl (C=O) groups excluding carboxylic acids is 1. The third kappa shape index (κ3) is 2.91. The molecule has 0 aliphatic heterocycles. The number of nitrogens with one attached hydrogen (secondary N) is 1. The molecule has 1 amide bonds. The lowest BCUT2D eigenvalue weighted by molar-refractivity contribution is 0.0914. The van der Waals surface area contributed by atoms with Crippen molar-refractivity contribution in [3.8, 4) is 0 Å². The van der Waals surface area contributed by atoms with Crippen molar-refractivity contribution in [2.75, 3.05) is 0 Å². The molecular weight excluding hydrogens is 232 g/mol. The predicted molar refractivity (Wildman–Crippen MR) is 63.8 cm³/mol. The highest BCUT2D eigenvalue weighted by molar-refractivity contribution is 5.89. The Hall–Kier alpha value is -2.24. The maximum atomic E-state index is 11.7. The van der Waals surface area contributed by atoms with Gasteiger partial charge in [0.2, 0.25) is 5.89 Å². The molecule has 0 atom stereocenters. The highest BCUT2D eigenvalue weighted by atomic mass is 16.4. The summed E-state index contributed by atoms with van der Waals surface area (Å²) < 4.78 is 5.25. The molecule has 0 bridgehead atoms. The normalized spacial score (nSPS) is 10.6. The number of hydrogen-bond donors (Lipinski definition) is 1. The van der Waals surface area contributed by atoms with Crippen LogP contribution < -0.4 is 5.32 Å². The minimum absolute atomic E-state index is 0.0115. The fraction of sp³-hybridized carbons (Fsp3) is 0.333. The highest BCUT2D eigenvalue weighted by Crippen LogP contribution is 2.11. The fourth-order valence-electron chi connectivity index (χ4n) is 1.32. The van der Waals surface area contributed by atoms with E-state index in [1.54, 1.807) is 12.4 Å². The summed E-state index contributed by atoms with van der Waals surface area (Å²) in [5.41, 5.74) is 0.912. The molecule has 2 aromatic heterocycles. The topological polar surface area (TPSA) is 80.9 Å². The van der Waals surface area contributed by atoms with Gasteiger partial charge in [0.1, 0.15) is 0 Å². The van der Waals surface area contributed by atoms with Crippen LogP contribution in [0.15, 0.2) is 28.9 Å². The summed E-state index contributed by atoms with van der Waals surface area (Å²) in [5.74, 6) is 0.180. The SMILES string of the molecule is CC(C)c1nnc(C(=O)NCc2cccnc2)o1. The molecule has 1 N–H and O–H groups in total. The van der Waals surface area contributed by atoms with Gasteiger partial charge in [-0.1, -0.05) is 19.9 Å². The second-order valence-corrected chi connectivity index (χ2v) is 4.14. The smallest absolute Gasteiger partial charge is 0.309 e. The monoisotopic (exact) mass is 246 g/mol. The van der Waals surface area contributed by atoms with Gasteiger partial charge in [-0.05, 0) is 11.6 Å². The van der Waals surface area contributed by atoms with Crippen LogP contribution in [0.2, 0.25) is 0 Å². The summed E-state index contributed by atoms with van der Waals surface area (Å²) in [5, 5.41) is 10.2. The Balaban J connectivity index is 1.95. The molecule has 0 fully saturated rings. The van der Waals surface area contributed by atoms with Crippen LogP contribution >= 0.6 is 0 Å². The van der Waals surface area contributed by atoms with Crippen LogP contribution in [0.1, 0.15) is 41.9 Å². The van der Waals surface area contributed by atoms with Gasteiger partial charge < -0.3 is 9.73 Å². The maximum absolute atomic E-state index is 11.7. The van der Waals surface area contributed by atoms with Crippen molar-refractivity contribution in [1.29, 1.82) is 0 Å². The summed E-state index contributed by atoms with van der Waals surface area (Å²) in [6.45, 7) is 4.22. The summed E-state index contributed by atoms with van der Waals surface area (Å²) in [7, 11) is 0. The summed E-state index contributed by atoms with van der Waals surface area (Å²) in [6.07, 6.45) is 3.37. The molecule has 0 aliphatic carbocycles. The minimum atomic E-state index is -0.377. The van der Waals surface area contributed by atoms with Gasteiger partial charge in [0.05, 0.1) is 0 Å². The first-order chi connectivity index (χ1) is 8.66. The molecule has 6 heteroatoms. The molecule has 0 radical (unpaired) electrons. The van der Waals surface area contributed by atoms with Crippen molar-refractivity contribution in [1.82, 2.24) is 20.5 Å². The van der Waals surface area contributed by atoms with E-state index in [0.29, 0.717) is 12.4 Å². The summed E-state index contributed by atoms with van der Waals surface area (Å²) in [6, 6.07) is 3.69. The number of carbonyl (C=O) groups is 1. The first kappa shape index (κ1) is 12.2. The molecule has 0 aromatic carbocycles. The van der Waals surface area contributed by atoms with Crippen molar-refractivity contribution in [2.24, 2.45) is 0 Å². The lowest BCUT2D eigenvalue weighted by Gasteiger charge is -2.01. The van der Waals surface area contributed by atoms with Crippen LogP contribution in [0.25, 0.3) is 0 Å². The summed E-state index contributed by atoms with van der Waals surface area (Å²) >= 11 is 0. The number of hydrogen-bond acceptors (Lipinski definition) is 5. The molecule has 0 aliphatic rings. The number of pyridine rings is 1. The molecule has 18 heavy (non-hydrogen) atoms. The number of rotatable bonds is 4. The third-order valence-electron chi connectivity index (χ3n) is 2.30. The van der Waals surface area contributed by atoms with Crippen LogP contribution in [0.3, 0.4) is 0 Å². The molecule has 0 saturated heterocycles. The van der Waals surface area contributed by atoms with Crippen LogP contribution in [0, 0.1) is 0 Å². The maximum Gasteiger partial charge on any atom is 0.309 e. The first-order valence-electron chi connectivity index (χ1n) is 5.67. The van der Waals surface area contributed by atoms with Crippen molar-refractivity contribution < 1.29 is 9.21 Å². The Morgan fingerprint density at radius 2 is 2.28 bits per heavy atom. The zero-order chi connectivity index (χ0) is 13.0. The molecule has 2 aromatic rings. The fourth-order valence-corrected chi connectivity index (χ4v) is 1.32. The molecule has 94 valence electrons. The Labute approximate surface area is 104 Å². The van der Waals surface area contributed by atoms with Gasteiger partial charge in [-0.25, -0.2) is 0 Å². The molecule has 0 unspecified atom stereocenters. The average Bonchev–Trinajstić information content (AvgIpc) is 2.87.